The van der Waals surface area contributed by atoms with Crippen LogP contribution in [0.3, 0.4) is 0 Å². The van der Waals surface area contributed by atoms with Crippen LogP contribution >= 0.6 is 0 Å². The number of fused-ring (bicyclic) bond motifs is 1. The molecule has 1 N–H and O–H groups in total. The summed E-state index contributed by atoms with van der Waals surface area (Å²) in [6, 6.07) is 5.10. The van der Waals surface area contributed by atoms with E-state index in [4.69, 9.17) is 0 Å². The molecule has 0 spiro atoms. The highest BCUT2D eigenvalue weighted by molar-refractivity contribution is 7.92. The smallest absolute Gasteiger partial charge is 0.232 e. The fourth-order valence-corrected chi connectivity index (χ4v) is 2.65. The molecule has 0 aliphatic heterocycles. The Balaban J connectivity index is 2.31. The number of benzene rings is 1. The first-order chi connectivity index (χ1) is 8.11. The molecule has 0 bridgehead atoms. The molecule has 0 fully saturated rings. The van der Waals surface area contributed by atoms with Crippen LogP contribution in [-0.2, 0) is 10.0 Å². The molecular weight excluding hydrogens is 238 g/mol. The Morgan fingerprint density at radius 2 is 1.88 bits per heavy atom. The highest BCUT2D eigenvalue weighted by Gasteiger charge is 2.09. The zero-order valence-corrected chi connectivity index (χ0v) is 10.2. The molecule has 2 rings (SSSR count). The van der Waals surface area contributed by atoms with Gasteiger partial charge in [0.2, 0.25) is 10.0 Å². The summed E-state index contributed by atoms with van der Waals surface area (Å²) in [5, 5.41) is 0. The molecule has 0 saturated heterocycles. The second-order valence-corrected chi connectivity index (χ2v) is 5.52. The topological polar surface area (TPSA) is 72.0 Å². The van der Waals surface area contributed by atoms with Gasteiger partial charge in [-0.25, -0.2) is 8.42 Å². The van der Waals surface area contributed by atoms with Crippen molar-refractivity contribution >= 4 is 26.7 Å². The molecule has 0 aliphatic carbocycles. The van der Waals surface area contributed by atoms with Crippen LogP contribution in [0.2, 0.25) is 0 Å². The Morgan fingerprint density at radius 1 is 1.18 bits per heavy atom. The van der Waals surface area contributed by atoms with E-state index in [1.807, 2.05) is 6.92 Å². The van der Waals surface area contributed by atoms with Gasteiger partial charge in [-0.2, -0.15) is 0 Å². The predicted octanol–water partition coefficient (Wildman–Crippen LogP) is 1.78. The van der Waals surface area contributed by atoms with Crippen molar-refractivity contribution in [1.29, 1.82) is 0 Å². The molecule has 0 radical (unpaired) electrons. The summed E-state index contributed by atoms with van der Waals surface area (Å²) in [6.07, 6.45) is 3.76. The van der Waals surface area contributed by atoms with Crippen LogP contribution in [0.15, 0.2) is 30.6 Å². The van der Waals surface area contributed by atoms with Crippen molar-refractivity contribution in [2.45, 2.75) is 13.3 Å². The van der Waals surface area contributed by atoms with Crippen LogP contribution in [0.1, 0.15) is 13.3 Å². The molecule has 0 aliphatic rings. The van der Waals surface area contributed by atoms with Crippen molar-refractivity contribution in [2.75, 3.05) is 10.5 Å². The lowest BCUT2D eigenvalue weighted by Gasteiger charge is -2.07. The van der Waals surface area contributed by atoms with Gasteiger partial charge in [0.15, 0.2) is 0 Å². The Kier molecular flexibility index (Phi) is 3.23. The molecule has 2 aromatic rings. The monoisotopic (exact) mass is 251 g/mol. The molecule has 0 amide bonds. The van der Waals surface area contributed by atoms with Crippen molar-refractivity contribution in [3.63, 3.8) is 0 Å². The number of rotatable bonds is 4. The van der Waals surface area contributed by atoms with Crippen molar-refractivity contribution in [3.05, 3.63) is 30.6 Å². The van der Waals surface area contributed by atoms with Gasteiger partial charge in [0.1, 0.15) is 0 Å². The van der Waals surface area contributed by atoms with Gasteiger partial charge in [-0.15, -0.1) is 0 Å². The van der Waals surface area contributed by atoms with E-state index in [0.29, 0.717) is 17.6 Å². The van der Waals surface area contributed by atoms with Crippen molar-refractivity contribution in [3.8, 4) is 0 Å². The minimum Gasteiger partial charge on any atom is -0.283 e. The SMILES string of the molecule is CCCS(=O)(=O)Nc1ccc2nccnc2c1. The molecular formula is C11H13N3O2S. The van der Waals surface area contributed by atoms with E-state index in [9.17, 15) is 8.42 Å². The Morgan fingerprint density at radius 3 is 2.59 bits per heavy atom. The lowest BCUT2D eigenvalue weighted by Crippen LogP contribution is -2.16. The molecule has 90 valence electrons. The predicted molar refractivity (Wildman–Crippen MR) is 67.2 cm³/mol. The number of sulfonamides is 1. The van der Waals surface area contributed by atoms with Crippen LogP contribution in [0, 0.1) is 0 Å². The largest absolute Gasteiger partial charge is 0.283 e. The van der Waals surface area contributed by atoms with Crippen molar-refractivity contribution < 1.29 is 8.42 Å². The number of nitrogens with one attached hydrogen (secondary N) is 1. The van der Waals surface area contributed by atoms with E-state index < -0.39 is 10.0 Å². The first kappa shape index (κ1) is 11.8. The second-order valence-electron chi connectivity index (χ2n) is 3.68. The zero-order chi connectivity index (χ0) is 12.3. The van der Waals surface area contributed by atoms with E-state index >= 15 is 0 Å². The quantitative estimate of drug-likeness (QED) is 0.899. The average Bonchev–Trinajstić information content (AvgIpc) is 2.28. The molecule has 17 heavy (non-hydrogen) atoms. The number of hydrogen-bond donors (Lipinski definition) is 1. The number of nitrogens with zero attached hydrogens (tertiary/aromatic N) is 2. The van der Waals surface area contributed by atoms with Gasteiger partial charge in [-0.1, -0.05) is 6.92 Å². The summed E-state index contributed by atoms with van der Waals surface area (Å²) >= 11 is 0. The third kappa shape index (κ3) is 2.91. The standard InChI is InChI=1S/C11H13N3O2S/c1-2-7-17(15,16)14-9-3-4-10-11(8-9)13-6-5-12-10/h3-6,8,14H,2,7H2,1H3. The molecule has 1 heterocycles. The second kappa shape index (κ2) is 4.67. The number of anilines is 1. The van der Waals surface area contributed by atoms with Crippen molar-refractivity contribution in [2.24, 2.45) is 0 Å². The van der Waals surface area contributed by atoms with E-state index in [1.54, 1.807) is 30.6 Å². The summed E-state index contributed by atoms with van der Waals surface area (Å²) < 4.78 is 25.7. The van der Waals surface area contributed by atoms with Gasteiger partial charge < -0.3 is 0 Å². The van der Waals surface area contributed by atoms with Crippen LogP contribution in [0.25, 0.3) is 11.0 Å². The first-order valence-electron chi connectivity index (χ1n) is 5.32. The molecule has 0 unspecified atom stereocenters. The van der Waals surface area contributed by atoms with Crippen LogP contribution in [0.5, 0.6) is 0 Å². The minimum absolute atomic E-state index is 0.117. The van der Waals surface area contributed by atoms with Gasteiger partial charge in [0, 0.05) is 12.4 Å². The van der Waals surface area contributed by atoms with Gasteiger partial charge in [-0.3, -0.25) is 14.7 Å². The third-order valence-electron chi connectivity index (χ3n) is 2.22. The maximum absolute atomic E-state index is 11.6. The Hall–Kier alpha value is -1.69. The average molecular weight is 251 g/mol. The molecule has 1 aromatic carbocycles. The van der Waals surface area contributed by atoms with E-state index in [0.717, 1.165) is 5.52 Å². The minimum atomic E-state index is -3.25. The first-order valence-corrected chi connectivity index (χ1v) is 6.97. The highest BCUT2D eigenvalue weighted by atomic mass is 32.2. The maximum Gasteiger partial charge on any atom is 0.232 e. The van der Waals surface area contributed by atoms with E-state index in [1.165, 1.54) is 0 Å². The summed E-state index contributed by atoms with van der Waals surface area (Å²) in [4.78, 5) is 8.24. The van der Waals surface area contributed by atoms with Gasteiger partial charge in [0.25, 0.3) is 0 Å². The third-order valence-corrected chi connectivity index (χ3v) is 3.71. The van der Waals surface area contributed by atoms with E-state index in [-0.39, 0.29) is 5.75 Å². The fraction of sp³-hybridized carbons (Fsp3) is 0.273. The molecule has 6 heteroatoms. The molecule has 5 nitrogen and oxygen atoms in total. The molecule has 1 aromatic heterocycles. The summed E-state index contributed by atoms with van der Waals surface area (Å²) in [5.41, 5.74) is 1.93. The number of hydrogen-bond acceptors (Lipinski definition) is 4. The summed E-state index contributed by atoms with van der Waals surface area (Å²) in [7, 11) is -3.25. The fourth-order valence-electron chi connectivity index (χ4n) is 1.53. The van der Waals surface area contributed by atoms with Crippen LogP contribution < -0.4 is 4.72 Å². The lowest BCUT2D eigenvalue weighted by molar-refractivity contribution is 0.600. The van der Waals surface area contributed by atoms with Crippen LogP contribution in [0.4, 0.5) is 5.69 Å². The number of aromatic nitrogens is 2. The zero-order valence-electron chi connectivity index (χ0n) is 9.42. The lowest BCUT2D eigenvalue weighted by atomic mass is 10.3. The van der Waals surface area contributed by atoms with Gasteiger partial charge in [0.05, 0.1) is 22.5 Å². The van der Waals surface area contributed by atoms with Gasteiger partial charge >= 0.3 is 0 Å². The summed E-state index contributed by atoms with van der Waals surface area (Å²) in [6.45, 7) is 1.82. The van der Waals surface area contributed by atoms with Crippen LogP contribution in [-0.4, -0.2) is 24.1 Å². The highest BCUT2D eigenvalue weighted by Crippen LogP contribution is 2.16. The van der Waals surface area contributed by atoms with Crippen molar-refractivity contribution in [1.82, 2.24) is 9.97 Å². The molecule has 0 atom stereocenters. The normalized spacial score (nSPS) is 11.6. The maximum atomic E-state index is 11.6. The molecule has 0 saturated carbocycles. The van der Waals surface area contributed by atoms with E-state index in [2.05, 4.69) is 14.7 Å². The Labute approximate surface area is 100.0 Å². The van der Waals surface area contributed by atoms with Gasteiger partial charge in [-0.05, 0) is 24.6 Å². The Bertz CT molecular complexity index is 625. The summed E-state index contributed by atoms with van der Waals surface area (Å²) in [5.74, 6) is 0.117.